The van der Waals surface area contributed by atoms with E-state index in [1.807, 2.05) is 12.1 Å². The highest BCUT2D eigenvalue weighted by Crippen LogP contribution is 2.43. The first-order valence-corrected chi connectivity index (χ1v) is 8.96. The highest BCUT2D eigenvalue weighted by molar-refractivity contribution is 5.95. The lowest BCUT2D eigenvalue weighted by molar-refractivity contribution is 0.0865. The van der Waals surface area contributed by atoms with E-state index in [0.717, 1.165) is 31.4 Å². The van der Waals surface area contributed by atoms with Crippen molar-refractivity contribution in [2.24, 2.45) is 5.73 Å². The molecule has 2 aliphatic rings. The van der Waals surface area contributed by atoms with E-state index in [-0.39, 0.29) is 17.4 Å². The number of aromatic nitrogens is 1. The maximum Gasteiger partial charge on any atom is 0.253 e. The van der Waals surface area contributed by atoms with Crippen molar-refractivity contribution in [1.29, 1.82) is 0 Å². The zero-order chi connectivity index (χ0) is 16.6. The fourth-order valence-electron chi connectivity index (χ4n) is 4.34. The smallest absolute Gasteiger partial charge is 0.253 e. The molecule has 3 N–H and O–H groups in total. The number of carbonyl (C=O) groups is 1. The molecule has 0 atom stereocenters. The number of nitrogens with two attached hydrogens (primary N) is 1. The van der Waals surface area contributed by atoms with Crippen molar-refractivity contribution < 1.29 is 4.79 Å². The van der Waals surface area contributed by atoms with Gasteiger partial charge in [-0.15, -0.1) is 0 Å². The summed E-state index contributed by atoms with van der Waals surface area (Å²) in [6.07, 6.45) is 7.31. The zero-order valence-electron chi connectivity index (χ0n) is 14.0. The summed E-state index contributed by atoms with van der Waals surface area (Å²) in [7, 11) is 0. The van der Waals surface area contributed by atoms with Gasteiger partial charge >= 0.3 is 0 Å². The number of hydrogen-bond acceptors (Lipinski definition) is 2. The minimum absolute atomic E-state index is 0.0272. The van der Waals surface area contributed by atoms with Crippen LogP contribution in [0.4, 0.5) is 0 Å². The Balaban J connectivity index is 1.43. The minimum Gasteiger partial charge on any atom is -0.351 e. The Bertz CT molecular complexity index is 729. The normalized spacial score (nSPS) is 25.6. The topological polar surface area (TPSA) is 60.0 Å². The molecule has 0 radical (unpaired) electrons. The first-order chi connectivity index (χ1) is 11.7. The van der Waals surface area contributed by atoms with Crippen LogP contribution in [-0.4, -0.2) is 23.1 Å². The molecule has 1 saturated carbocycles. The summed E-state index contributed by atoms with van der Waals surface area (Å²) in [4.78, 5) is 12.7. The second-order valence-corrected chi connectivity index (χ2v) is 7.26. The van der Waals surface area contributed by atoms with E-state index in [4.69, 9.17) is 5.73 Å². The molecule has 0 bridgehead atoms. The molecule has 1 aromatic heterocycles. The average Bonchev–Trinajstić information content (AvgIpc) is 3.02. The first kappa shape index (κ1) is 15.5. The molecule has 0 unspecified atom stereocenters. The van der Waals surface area contributed by atoms with Crippen LogP contribution in [0.1, 0.15) is 47.3 Å². The molecule has 1 amide bonds. The predicted molar refractivity (Wildman–Crippen MR) is 95.0 cm³/mol. The number of nitrogens with one attached hydrogen (secondary N) is 1. The molecule has 2 heterocycles. The van der Waals surface area contributed by atoms with Crippen LogP contribution in [0.3, 0.4) is 0 Å². The van der Waals surface area contributed by atoms with Crippen molar-refractivity contribution >= 4 is 5.91 Å². The molecule has 4 nitrogen and oxygen atoms in total. The van der Waals surface area contributed by atoms with Crippen LogP contribution in [0.2, 0.25) is 0 Å². The fraction of sp³-hybridized carbons (Fsp3) is 0.450. The highest BCUT2D eigenvalue weighted by atomic mass is 16.1. The molecule has 126 valence electrons. The second-order valence-electron chi connectivity index (χ2n) is 7.26. The molecular weight excluding hydrogens is 298 g/mol. The summed E-state index contributed by atoms with van der Waals surface area (Å²) in [6, 6.07) is 12.6. The van der Waals surface area contributed by atoms with E-state index in [1.165, 1.54) is 24.1 Å². The van der Waals surface area contributed by atoms with Gasteiger partial charge in [-0.05, 0) is 43.7 Å². The van der Waals surface area contributed by atoms with Crippen LogP contribution in [-0.2, 0) is 18.4 Å². The van der Waals surface area contributed by atoms with E-state index in [1.54, 1.807) is 0 Å². The number of carbonyl (C=O) groups excluding carboxylic acids is 1. The Morgan fingerprint density at radius 2 is 2.00 bits per heavy atom. The largest absolute Gasteiger partial charge is 0.351 e. The summed E-state index contributed by atoms with van der Waals surface area (Å²) in [5.41, 5.74) is 9.44. The van der Waals surface area contributed by atoms with Crippen LogP contribution in [0.5, 0.6) is 0 Å². The van der Waals surface area contributed by atoms with Crippen LogP contribution < -0.4 is 11.1 Å². The quantitative estimate of drug-likeness (QED) is 0.908. The number of hydrogen-bond donors (Lipinski definition) is 2. The van der Waals surface area contributed by atoms with Gasteiger partial charge in [0.05, 0.1) is 5.56 Å². The summed E-state index contributed by atoms with van der Waals surface area (Å²) in [6.45, 7) is 1.67. The Morgan fingerprint density at radius 1 is 1.21 bits per heavy atom. The molecule has 24 heavy (non-hydrogen) atoms. The Labute approximate surface area is 143 Å². The van der Waals surface area contributed by atoms with Crippen molar-refractivity contribution in [1.82, 2.24) is 9.88 Å². The van der Waals surface area contributed by atoms with Crippen molar-refractivity contribution in [2.45, 2.75) is 50.1 Å². The molecule has 1 aromatic carbocycles. The Kier molecular flexibility index (Phi) is 3.93. The third-order valence-electron chi connectivity index (χ3n) is 5.77. The number of nitrogens with zero attached hydrogens (tertiary/aromatic N) is 1. The molecule has 1 fully saturated rings. The van der Waals surface area contributed by atoms with Crippen molar-refractivity contribution in [3.8, 4) is 0 Å². The van der Waals surface area contributed by atoms with Gasteiger partial charge in [-0.1, -0.05) is 30.3 Å². The SMILES string of the molecule is NCC1(c2ccccc2)CC(NC(=O)c2ccn3c2CCCC3)C1. The lowest BCUT2D eigenvalue weighted by Gasteiger charge is -2.48. The van der Waals surface area contributed by atoms with Gasteiger partial charge in [-0.2, -0.15) is 0 Å². The molecule has 0 spiro atoms. The summed E-state index contributed by atoms with van der Waals surface area (Å²) in [5.74, 6) is 0.0781. The van der Waals surface area contributed by atoms with Crippen LogP contribution >= 0.6 is 0 Å². The van der Waals surface area contributed by atoms with Gasteiger partial charge in [0, 0.05) is 36.4 Å². The van der Waals surface area contributed by atoms with Crippen molar-refractivity contribution in [3.63, 3.8) is 0 Å². The molecule has 2 aromatic rings. The average molecular weight is 323 g/mol. The van der Waals surface area contributed by atoms with Crippen LogP contribution in [0, 0.1) is 0 Å². The molecule has 4 heteroatoms. The number of aryl methyl sites for hydroxylation is 1. The van der Waals surface area contributed by atoms with E-state index in [0.29, 0.717) is 6.54 Å². The first-order valence-electron chi connectivity index (χ1n) is 8.96. The standard InChI is InChI=1S/C20H25N3O/c21-14-20(15-6-2-1-3-7-15)12-16(13-20)22-19(24)17-9-11-23-10-5-4-8-18(17)23/h1-3,6-7,9,11,16H,4-5,8,10,12-14,21H2,(H,22,24). The molecular formula is C20H25N3O. The van der Waals surface area contributed by atoms with Gasteiger partial charge in [0.2, 0.25) is 0 Å². The van der Waals surface area contributed by atoms with Gasteiger partial charge in [0.25, 0.3) is 5.91 Å². The molecule has 0 saturated heterocycles. The van der Waals surface area contributed by atoms with E-state index >= 15 is 0 Å². The highest BCUT2D eigenvalue weighted by Gasteiger charge is 2.45. The molecule has 1 aliphatic heterocycles. The summed E-state index contributed by atoms with van der Waals surface area (Å²) >= 11 is 0. The van der Waals surface area contributed by atoms with Crippen molar-refractivity contribution in [2.75, 3.05) is 6.54 Å². The van der Waals surface area contributed by atoms with E-state index in [2.05, 4.69) is 40.3 Å². The van der Waals surface area contributed by atoms with Gasteiger partial charge in [-0.25, -0.2) is 0 Å². The Hall–Kier alpha value is -2.07. The summed E-state index contributed by atoms with van der Waals surface area (Å²) < 4.78 is 2.23. The third-order valence-corrected chi connectivity index (χ3v) is 5.77. The summed E-state index contributed by atoms with van der Waals surface area (Å²) in [5, 5.41) is 3.22. The van der Waals surface area contributed by atoms with Gasteiger partial charge in [0.1, 0.15) is 0 Å². The van der Waals surface area contributed by atoms with Crippen LogP contribution in [0.15, 0.2) is 42.6 Å². The Morgan fingerprint density at radius 3 is 2.75 bits per heavy atom. The van der Waals surface area contributed by atoms with Gasteiger partial charge in [-0.3, -0.25) is 4.79 Å². The van der Waals surface area contributed by atoms with Crippen molar-refractivity contribution in [3.05, 3.63) is 59.4 Å². The number of amides is 1. The fourth-order valence-corrected chi connectivity index (χ4v) is 4.34. The second kappa shape index (κ2) is 6.10. The van der Waals surface area contributed by atoms with Crippen LogP contribution in [0.25, 0.3) is 0 Å². The lowest BCUT2D eigenvalue weighted by Crippen LogP contribution is -2.56. The zero-order valence-corrected chi connectivity index (χ0v) is 14.0. The maximum atomic E-state index is 12.7. The maximum absolute atomic E-state index is 12.7. The molecule has 4 rings (SSSR count). The van der Waals surface area contributed by atoms with E-state index < -0.39 is 0 Å². The third kappa shape index (κ3) is 2.55. The minimum atomic E-state index is 0.0272. The number of fused-ring (bicyclic) bond motifs is 1. The number of benzene rings is 1. The molecule has 1 aliphatic carbocycles. The van der Waals surface area contributed by atoms with E-state index in [9.17, 15) is 4.79 Å². The monoisotopic (exact) mass is 323 g/mol. The van der Waals surface area contributed by atoms with Gasteiger partial charge in [0.15, 0.2) is 0 Å². The number of rotatable bonds is 4. The predicted octanol–water partition coefficient (Wildman–Crippen LogP) is 2.61. The van der Waals surface area contributed by atoms with Gasteiger partial charge < -0.3 is 15.6 Å². The lowest BCUT2D eigenvalue weighted by atomic mass is 9.61.